The summed E-state index contributed by atoms with van der Waals surface area (Å²) in [7, 11) is -3.51. The highest BCUT2D eigenvalue weighted by molar-refractivity contribution is 7.89. The number of hydrogen-bond donors (Lipinski definition) is 2. The minimum Gasteiger partial charge on any atom is -0.349 e. The van der Waals surface area contributed by atoms with Crippen molar-refractivity contribution in [3.63, 3.8) is 0 Å². The fourth-order valence-corrected chi connectivity index (χ4v) is 6.10. The van der Waals surface area contributed by atoms with Gasteiger partial charge in [0.05, 0.1) is 10.9 Å². The van der Waals surface area contributed by atoms with Gasteiger partial charge < -0.3 is 10.2 Å². The smallest absolute Gasteiger partial charge is 0.240 e. The molecule has 1 aliphatic heterocycles. The fourth-order valence-electron chi connectivity index (χ4n) is 4.76. The van der Waals surface area contributed by atoms with Gasteiger partial charge in [-0.3, -0.25) is 4.79 Å². The van der Waals surface area contributed by atoms with Crippen LogP contribution in [0.15, 0.2) is 23.1 Å². The van der Waals surface area contributed by atoms with Gasteiger partial charge in [-0.15, -0.1) is 0 Å². The third-order valence-corrected chi connectivity index (χ3v) is 7.89. The predicted molar refractivity (Wildman–Crippen MR) is 109 cm³/mol. The SMILES string of the molecule is O=C(CCN1CCCC1)N[C@@H]1CCc2ccc(S(=O)(=O)NC3CCCC3)cc21. The molecule has 0 spiro atoms. The molecule has 1 atom stereocenters. The number of nitrogens with zero attached hydrogens (tertiary/aromatic N) is 1. The summed E-state index contributed by atoms with van der Waals surface area (Å²) >= 11 is 0. The van der Waals surface area contributed by atoms with Crippen molar-refractivity contribution in [3.8, 4) is 0 Å². The Kier molecular flexibility index (Phi) is 6.04. The standard InChI is InChI=1S/C21H31N3O3S/c25-21(11-14-24-12-3-4-13-24)22-20-10-8-16-7-9-18(15-19(16)20)28(26,27)23-17-5-1-2-6-17/h7,9,15,17,20,23H,1-6,8,10-14H2,(H,22,25)/t20-/m1/s1. The molecule has 3 aliphatic rings. The summed E-state index contributed by atoms with van der Waals surface area (Å²) < 4.78 is 28.4. The molecule has 6 nitrogen and oxygen atoms in total. The number of likely N-dealkylation sites (tertiary alicyclic amines) is 1. The Morgan fingerprint density at radius 1 is 1.07 bits per heavy atom. The highest BCUT2D eigenvalue weighted by atomic mass is 32.2. The summed E-state index contributed by atoms with van der Waals surface area (Å²) in [6, 6.07) is 5.36. The molecule has 2 N–H and O–H groups in total. The predicted octanol–water partition coefficient (Wildman–Crippen LogP) is 2.50. The maximum absolute atomic E-state index is 12.8. The summed E-state index contributed by atoms with van der Waals surface area (Å²) in [4.78, 5) is 15.1. The molecule has 0 aromatic heterocycles. The zero-order chi connectivity index (χ0) is 19.6. The first-order valence-corrected chi connectivity index (χ1v) is 12.2. The van der Waals surface area contributed by atoms with Crippen molar-refractivity contribution < 1.29 is 13.2 Å². The molecule has 28 heavy (non-hydrogen) atoms. The average molecular weight is 406 g/mol. The topological polar surface area (TPSA) is 78.5 Å². The summed E-state index contributed by atoms with van der Waals surface area (Å²) in [5, 5.41) is 3.13. The van der Waals surface area contributed by atoms with Crippen LogP contribution in [-0.4, -0.2) is 44.9 Å². The number of carbonyl (C=O) groups excluding carboxylic acids is 1. The zero-order valence-electron chi connectivity index (χ0n) is 16.5. The van der Waals surface area contributed by atoms with E-state index in [4.69, 9.17) is 0 Å². The van der Waals surface area contributed by atoms with Crippen molar-refractivity contribution in [2.45, 2.75) is 74.8 Å². The molecule has 7 heteroatoms. The molecule has 1 aromatic rings. The lowest BCUT2D eigenvalue weighted by atomic mass is 10.1. The summed E-state index contributed by atoms with van der Waals surface area (Å²) in [5.41, 5.74) is 2.11. The number of rotatable bonds is 7. The molecule has 2 aliphatic carbocycles. The molecule has 0 unspecified atom stereocenters. The number of carbonyl (C=O) groups is 1. The molecule has 1 amide bonds. The van der Waals surface area contributed by atoms with E-state index in [-0.39, 0.29) is 18.0 Å². The normalized spacial score (nSPS) is 23.2. The molecule has 1 aromatic carbocycles. The van der Waals surface area contributed by atoms with Crippen LogP contribution >= 0.6 is 0 Å². The number of sulfonamides is 1. The fraction of sp³-hybridized carbons (Fsp3) is 0.667. The van der Waals surface area contributed by atoms with E-state index in [1.807, 2.05) is 6.07 Å². The Bertz CT molecular complexity index is 812. The molecular weight excluding hydrogens is 374 g/mol. The second kappa shape index (κ2) is 8.51. The average Bonchev–Trinajstić information content (AvgIpc) is 3.42. The quantitative estimate of drug-likeness (QED) is 0.731. The van der Waals surface area contributed by atoms with E-state index < -0.39 is 10.0 Å². The lowest BCUT2D eigenvalue weighted by molar-refractivity contribution is -0.122. The van der Waals surface area contributed by atoms with Crippen LogP contribution in [-0.2, 0) is 21.2 Å². The third kappa shape index (κ3) is 4.58. The van der Waals surface area contributed by atoms with Crippen molar-refractivity contribution in [2.24, 2.45) is 0 Å². The summed E-state index contributed by atoms with van der Waals surface area (Å²) in [6.07, 6.45) is 8.68. The van der Waals surface area contributed by atoms with Crippen LogP contribution in [0.1, 0.15) is 68.5 Å². The minimum atomic E-state index is -3.51. The highest BCUT2D eigenvalue weighted by Gasteiger charge is 2.28. The summed E-state index contributed by atoms with van der Waals surface area (Å²) in [5.74, 6) is 0.0575. The number of aryl methyl sites for hydroxylation is 1. The van der Waals surface area contributed by atoms with Gasteiger partial charge in [-0.05, 0) is 74.9 Å². The molecule has 0 radical (unpaired) electrons. The van der Waals surface area contributed by atoms with Crippen molar-refractivity contribution in [1.29, 1.82) is 0 Å². The molecular formula is C21H31N3O3S. The van der Waals surface area contributed by atoms with Crippen LogP contribution in [0.2, 0.25) is 0 Å². The third-order valence-electron chi connectivity index (χ3n) is 6.37. The van der Waals surface area contributed by atoms with Gasteiger partial charge in [0.15, 0.2) is 0 Å². The summed E-state index contributed by atoms with van der Waals surface area (Å²) in [6.45, 7) is 2.99. The Morgan fingerprint density at radius 3 is 2.57 bits per heavy atom. The van der Waals surface area contributed by atoms with E-state index >= 15 is 0 Å². The Labute approximate surface area is 168 Å². The Balaban J connectivity index is 1.40. The van der Waals surface area contributed by atoms with Gasteiger partial charge >= 0.3 is 0 Å². The van der Waals surface area contributed by atoms with Crippen molar-refractivity contribution in [3.05, 3.63) is 29.3 Å². The molecule has 4 rings (SSSR count). The monoisotopic (exact) mass is 405 g/mol. The van der Waals surface area contributed by atoms with Crippen molar-refractivity contribution in [1.82, 2.24) is 14.9 Å². The first-order chi connectivity index (χ1) is 13.5. The zero-order valence-corrected chi connectivity index (χ0v) is 17.3. The number of hydrogen-bond acceptors (Lipinski definition) is 4. The van der Waals surface area contributed by atoms with Gasteiger partial charge in [0.2, 0.25) is 15.9 Å². The number of fused-ring (bicyclic) bond motifs is 1. The number of nitrogens with one attached hydrogen (secondary N) is 2. The van der Waals surface area contributed by atoms with Crippen LogP contribution in [0, 0.1) is 0 Å². The number of benzene rings is 1. The molecule has 1 saturated carbocycles. The van der Waals surface area contributed by atoms with Crippen LogP contribution in [0.4, 0.5) is 0 Å². The van der Waals surface area contributed by atoms with Gasteiger partial charge in [0.1, 0.15) is 0 Å². The molecule has 2 fully saturated rings. The first-order valence-electron chi connectivity index (χ1n) is 10.7. The van der Waals surface area contributed by atoms with Gasteiger partial charge in [0.25, 0.3) is 0 Å². The van der Waals surface area contributed by atoms with E-state index in [1.54, 1.807) is 12.1 Å². The van der Waals surface area contributed by atoms with Gasteiger partial charge in [-0.25, -0.2) is 13.1 Å². The van der Waals surface area contributed by atoms with E-state index in [1.165, 1.54) is 12.8 Å². The lowest BCUT2D eigenvalue weighted by Gasteiger charge is -2.18. The van der Waals surface area contributed by atoms with Crippen LogP contribution in [0.5, 0.6) is 0 Å². The first kappa shape index (κ1) is 19.9. The van der Waals surface area contributed by atoms with E-state index in [9.17, 15) is 13.2 Å². The second-order valence-corrected chi connectivity index (χ2v) is 10.1. The van der Waals surface area contributed by atoms with E-state index in [2.05, 4.69) is 14.9 Å². The maximum atomic E-state index is 12.8. The van der Waals surface area contributed by atoms with Gasteiger partial charge in [0, 0.05) is 19.0 Å². The van der Waals surface area contributed by atoms with Crippen LogP contribution < -0.4 is 10.0 Å². The minimum absolute atomic E-state index is 0.0549. The molecule has 0 bridgehead atoms. The van der Waals surface area contributed by atoms with Crippen molar-refractivity contribution in [2.75, 3.05) is 19.6 Å². The molecule has 1 saturated heterocycles. The van der Waals surface area contributed by atoms with Crippen molar-refractivity contribution >= 4 is 15.9 Å². The lowest BCUT2D eigenvalue weighted by Crippen LogP contribution is -2.33. The second-order valence-electron chi connectivity index (χ2n) is 8.42. The largest absolute Gasteiger partial charge is 0.349 e. The Hall–Kier alpha value is -1.44. The van der Waals surface area contributed by atoms with E-state index in [0.29, 0.717) is 11.3 Å². The van der Waals surface area contributed by atoms with Gasteiger partial charge in [-0.1, -0.05) is 18.9 Å². The Morgan fingerprint density at radius 2 is 1.82 bits per heavy atom. The van der Waals surface area contributed by atoms with Gasteiger partial charge in [-0.2, -0.15) is 0 Å². The maximum Gasteiger partial charge on any atom is 0.240 e. The molecule has 1 heterocycles. The van der Waals surface area contributed by atoms with Crippen LogP contribution in [0.3, 0.4) is 0 Å². The van der Waals surface area contributed by atoms with E-state index in [0.717, 1.165) is 69.3 Å². The highest BCUT2D eigenvalue weighted by Crippen LogP contribution is 2.33. The number of amides is 1. The molecule has 154 valence electrons. The van der Waals surface area contributed by atoms with Crippen LogP contribution in [0.25, 0.3) is 0 Å².